The van der Waals surface area contributed by atoms with E-state index >= 15 is 0 Å². The lowest BCUT2D eigenvalue weighted by molar-refractivity contribution is -0.126. The molecular weight excluding hydrogens is 236 g/mol. The number of hydrogen-bond acceptors (Lipinski definition) is 5. The molecule has 0 aromatic rings. The lowest BCUT2D eigenvalue weighted by Gasteiger charge is -2.09. The van der Waals surface area contributed by atoms with E-state index in [0.717, 1.165) is 32.7 Å². The smallest absolute Gasteiger partial charge is 0.246 e. The van der Waals surface area contributed by atoms with Crippen molar-refractivity contribution in [2.75, 3.05) is 59.8 Å². The van der Waals surface area contributed by atoms with Crippen molar-refractivity contribution in [3.63, 3.8) is 0 Å². The Morgan fingerprint density at radius 3 is 3.00 bits per heavy atom. The van der Waals surface area contributed by atoms with Crippen LogP contribution in [0.2, 0.25) is 0 Å². The second-order valence-corrected chi connectivity index (χ2v) is 4.34. The maximum Gasteiger partial charge on any atom is 0.246 e. The first-order valence-electron chi connectivity index (χ1n) is 6.44. The second kappa shape index (κ2) is 10.3. The van der Waals surface area contributed by atoms with Crippen LogP contribution in [0.5, 0.6) is 0 Å². The van der Waals surface area contributed by atoms with Gasteiger partial charge in [-0.1, -0.05) is 0 Å². The maximum atomic E-state index is 11.4. The Morgan fingerprint density at radius 1 is 1.39 bits per heavy atom. The van der Waals surface area contributed by atoms with Crippen molar-refractivity contribution < 1.29 is 19.0 Å². The molecule has 1 aliphatic heterocycles. The van der Waals surface area contributed by atoms with Crippen molar-refractivity contribution in [1.29, 1.82) is 0 Å². The molecule has 0 radical (unpaired) electrons. The minimum atomic E-state index is -0.0672. The SMILES string of the molecule is COCCNCCNC(=O)COCC1CCOC1. The third-order valence-electron chi connectivity index (χ3n) is 2.72. The number of rotatable bonds is 10. The zero-order chi connectivity index (χ0) is 13.1. The Kier molecular flexibility index (Phi) is 8.75. The summed E-state index contributed by atoms with van der Waals surface area (Å²) in [6.07, 6.45) is 1.03. The van der Waals surface area contributed by atoms with E-state index in [9.17, 15) is 4.79 Å². The summed E-state index contributed by atoms with van der Waals surface area (Å²) < 4.78 is 15.5. The fourth-order valence-electron chi connectivity index (χ4n) is 1.67. The third-order valence-corrected chi connectivity index (χ3v) is 2.72. The molecule has 0 aromatic carbocycles. The molecule has 1 unspecified atom stereocenters. The molecule has 0 aliphatic carbocycles. The Labute approximate surface area is 108 Å². The molecule has 1 amide bonds. The van der Waals surface area contributed by atoms with E-state index in [1.54, 1.807) is 7.11 Å². The molecule has 0 saturated carbocycles. The third kappa shape index (κ3) is 7.60. The van der Waals surface area contributed by atoms with Crippen LogP contribution in [0.3, 0.4) is 0 Å². The summed E-state index contributed by atoms with van der Waals surface area (Å²) in [5.41, 5.74) is 0. The average molecular weight is 260 g/mol. The molecule has 18 heavy (non-hydrogen) atoms. The van der Waals surface area contributed by atoms with Crippen LogP contribution >= 0.6 is 0 Å². The number of amides is 1. The van der Waals surface area contributed by atoms with Crippen molar-refractivity contribution in [1.82, 2.24) is 10.6 Å². The van der Waals surface area contributed by atoms with Gasteiger partial charge >= 0.3 is 0 Å². The second-order valence-electron chi connectivity index (χ2n) is 4.34. The van der Waals surface area contributed by atoms with Crippen LogP contribution < -0.4 is 10.6 Å². The van der Waals surface area contributed by atoms with Gasteiger partial charge in [0.2, 0.25) is 5.91 Å². The van der Waals surface area contributed by atoms with Gasteiger partial charge in [-0.05, 0) is 6.42 Å². The van der Waals surface area contributed by atoms with Gasteiger partial charge in [0.05, 0.1) is 19.8 Å². The summed E-state index contributed by atoms with van der Waals surface area (Å²) in [5, 5.41) is 5.93. The van der Waals surface area contributed by atoms with Gasteiger partial charge in [0.15, 0.2) is 0 Å². The lowest BCUT2D eigenvalue weighted by Crippen LogP contribution is -2.35. The number of nitrogens with one attached hydrogen (secondary N) is 2. The number of carbonyl (C=O) groups is 1. The molecule has 2 N–H and O–H groups in total. The van der Waals surface area contributed by atoms with Crippen LogP contribution in [0.4, 0.5) is 0 Å². The number of methoxy groups -OCH3 is 1. The van der Waals surface area contributed by atoms with Gasteiger partial charge < -0.3 is 24.8 Å². The van der Waals surface area contributed by atoms with E-state index in [1.807, 2.05) is 0 Å². The zero-order valence-corrected chi connectivity index (χ0v) is 11.1. The topological polar surface area (TPSA) is 68.8 Å². The Bertz CT molecular complexity index is 220. The summed E-state index contributed by atoms with van der Waals surface area (Å²) in [7, 11) is 1.66. The first-order chi connectivity index (χ1) is 8.83. The van der Waals surface area contributed by atoms with Crippen molar-refractivity contribution in [2.45, 2.75) is 6.42 Å². The minimum absolute atomic E-state index is 0.0672. The van der Waals surface area contributed by atoms with E-state index in [2.05, 4.69) is 10.6 Å². The molecule has 1 aliphatic rings. The highest BCUT2D eigenvalue weighted by molar-refractivity contribution is 5.77. The molecule has 1 saturated heterocycles. The molecule has 1 heterocycles. The summed E-state index contributed by atoms with van der Waals surface area (Å²) in [5.74, 6) is 0.385. The molecule has 1 atom stereocenters. The summed E-state index contributed by atoms with van der Waals surface area (Å²) in [6, 6.07) is 0. The zero-order valence-electron chi connectivity index (χ0n) is 11.1. The van der Waals surface area contributed by atoms with Crippen LogP contribution in [0.25, 0.3) is 0 Å². The maximum absolute atomic E-state index is 11.4. The normalized spacial score (nSPS) is 19.1. The molecule has 0 bridgehead atoms. The number of ether oxygens (including phenoxy) is 3. The Morgan fingerprint density at radius 2 is 2.28 bits per heavy atom. The molecular formula is C12H24N2O4. The van der Waals surface area contributed by atoms with Crippen LogP contribution in [0.1, 0.15) is 6.42 Å². The molecule has 1 fully saturated rings. The van der Waals surface area contributed by atoms with Crippen LogP contribution in [-0.2, 0) is 19.0 Å². The fourth-order valence-corrected chi connectivity index (χ4v) is 1.67. The first-order valence-corrected chi connectivity index (χ1v) is 6.44. The highest BCUT2D eigenvalue weighted by atomic mass is 16.5. The van der Waals surface area contributed by atoms with Gasteiger partial charge in [0.1, 0.15) is 6.61 Å². The highest BCUT2D eigenvalue weighted by Crippen LogP contribution is 2.11. The van der Waals surface area contributed by atoms with Crippen molar-refractivity contribution in [2.24, 2.45) is 5.92 Å². The van der Waals surface area contributed by atoms with Crippen molar-refractivity contribution in [3.8, 4) is 0 Å². The molecule has 1 rings (SSSR count). The monoisotopic (exact) mass is 260 g/mol. The summed E-state index contributed by atoms with van der Waals surface area (Å²) >= 11 is 0. The largest absolute Gasteiger partial charge is 0.383 e. The summed E-state index contributed by atoms with van der Waals surface area (Å²) in [6.45, 7) is 5.14. The molecule has 0 spiro atoms. The van der Waals surface area contributed by atoms with Crippen molar-refractivity contribution >= 4 is 5.91 Å². The Hall–Kier alpha value is -0.690. The predicted octanol–water partition coefficient (Wildman–Crippen LogP) is -0.608. The van der Waals surface area contributed by atoms with E-state index in [-0.39, 0.29) is 12.5 Å². The van der Waals surface area contributed by atoms with Crippen LogP contribution in [0.15, 0.2) is 0 Å². The number of hydrogen-bond donors (Lipinski definition) is 2. The van der Waals surface area contributed by atoms with Gasteiger partial charge in [-0.25, -0.2) is 0 Å². The molecule has 6 nitrogen and oxygen atoms in total. The van der Waals surface area contributed by atoms with E-state index in [1.165, 1.54) is 0 Å². The van der Waals surface area contributed by atoms with Gasteiger partial charge in [-0.15, -0.1) is 0 Å². The summed E-state index contributed by atoms with van der Waals surface area (Å²) in [4.78, 5) is 11.4. The number of carbonyl (C=O) groups excluding carboxylic acids is 1. The average Bonchev–Trinajstić information content (AvgIpc) is 2.87. The molecule has 0 aromatic heterocycles. The lowest BCUT2D eigenvalue weighted by atomic mass is 10.1. The fraction of sp³-hybridized carbons (Fsp3) is 0.917. The quantitative estimate of drug-likeness (QED) is 0.513. The molecule has 6 heteroatoms. The van der Waals surface area contributed by atoms with Crippen molar-refractivity contribution in [3.05, 3.63) is 0 Å². The first kappa shape index (κ1) is 15.4. The standard InChI is InChI=1S/C12H24N2O4/c1-16-7-5-13-3-4-14-12(15)10-18-9-11-2-6-17-8-11/h11,13H,2-10H2,1H3,(H,14,15). The van der Waals surface area contributed by atoms with Gasteiger partial charge in [0.25, 0.3) is 0 Å². The van der Waals surface area contributed by atoms with E-state index < -0.39 is 0 Å². The van der Waals surface area contributed by atoms with E-state index in [4.69, 9.17) is 14.2 Å². The van der Waals surface area contributed by atoms with Crippen LogP contribution in [0, 0.1) is 5.92 Å². The minimum Gasteiger partial charge on any atom is -0.383 e. The van der Waals surface area contributed by atoms with Gasteiger partial charge in [0, 0.05) is 39.3 Å². The molecule has 106 valence electrons. The Balaban J connectivity index is 1.84. The van der Waals surface area contributed by atoms with E-state index in [0.29, 0.717) is 25.7 Å². The highest BCUT2D eigenvalue weighted by Gasteiger charge is 2.15. The van der Waals surface area contributed by atoms with Gasteiger partial charge in [-0.2, -0.15) is 0 Å². The van der Waals surface area contributed by atoms with Crippen LogP contribution in [-0.4, -0.2) is 65.7 Å². The predicted molar refractivity (Wildman–Crippen MR) is 67.5 cm³/mol. The van der Waals surface area contributed by atoms with Gasteiger partial charge in [-0.3, -0.25) is 4.79 Å².